The van der Waals surface area contributed by atoms with Crippen LogP contribution in [0.15, 0.2) is 54.6 Å². The lowest BCUT2D eigenvalue weighted by molar-refractivity contribution is -0.139. The highest BCUT2D eigenvalue weighted by Crippen LogP contribution is 2.45. The van der Waals surface area contributed by atoms with Gasteiger partial charge in [-0.1, -0.05) is 43.7 Å². The number of piperidine rings is 1. The third-order valence-corrected chi connectivity index (χ3v) is 9.57. The smallest absolute Gasteiger partial charge is 0.321 e. The van der Waals surface area contributed by atoms with E-state index in [1.165, 1.54) is 25.7 Å². The molecule has 3 aromatic rings. The zero-order chi connectivity index (χ0) is 27.5. The highest BCUT2D eigenvalue weighted by atomic mass is 31.2. The summed E-state index contributed by atoms with van der Waals surface area (Å²) in [4.78, 5) is 15.4. The van der Waals surface area contributed by atoms with Crippen LogP contribution >= 0.6 is 7.52 Å². The number of fused-ring (bicyclic) bond motifs is 1. The molecule has 0 spiro atoms. The number of aromatic amines is 1. The maximum Gasteiger partial charge on any atom is 0.321 e. The predicted octanol–water partition coefficient (Wildman–Crippen LogP) is 6.12. The van der Waals surface area contributed by atoms with Crippen LogP contribution in [-0.2, 0) is 26.9 Å². The van der Waals surface area contributed by atoms with Crippen LogP contribution in [0.4, 0.5) is 0 Å². The van der Waals surface area contributed by atoms with Crippen LogP contribution in [0.3, 0.4) is 0 Å². The number of aromatic nitrogens is 1. The fourth-order valence-corrected chi connectivity index (χ4v) is 7.07. The number of H-pyrrole nitrogens is 1. The van der Waals surface area contributed by atoms with Gasteiger partial charge in [-0.05, 0) is 92.7 Å². The van der Waals surface area contributed by atoms with Crippen LogP contribution in [0.1, 0.15) is 56.7 Å². The van der Waals surface area contributed by atoms with Crippen LogP contribution in [0.5, 0.6) is 5.75 Å². The number of ether oxygens (including phenoxy) is 1. The molecule has 8 nitrogen and oxygen atoms in total. The van der Waals surface area contributed by atoms with Crippen molar-refractivity contribution in [2.45, 2.75) is 64.5 Å². The van der Waals surface area contributed by atoms with Crippen LogP contribution in [0.2, 0.25) is 0 Å². The molecule has 4 N–H and O–H groups in total. The van der Waals surface area contributed by atoms with Gasteiger partial charge >= 0.3 is 5.97 Å². The lowest BCUT2D eigenvalue weighted by atomic mass is 9.93. The minimum atomic E-state index is -3.40. The van der Waals surface area contributed by atoms with E-state index < -0.39 is 19.5 Å². The zero-order valence-electron chi connectivity index (χ0n) is 22.9. The molecule has 0 bridgehead atoms. The average Bonchev–Trinajstić information content (AvgIpc) is 3.36. The Bertz CT molecular complexity index is 1190. The number of hydrogen-bond acceptors (Lipinski definition) is 5. The first-order valence-electron chi connectivity index (χ1n) is 14.2. The van der Waals surface area contributed by atoms with Gasteiger partial charge in [-0.3, -0.25) is 9.36 Å². The van der Waals surface area contributed by atoms with Gasteiger partial charge in [-0.25, -0.2) is 5.09 Å². The molecule has 39 heavy (non-hydrogen) atoms. The summed E-state index contributed by atoms with van der Waals surface area (Å²) in [5.41, 5.74) is 2.59. The molecule has 0 saturated carbocycles. The Kier molecular flexibility index (Phi) is 11.0. The molecule has 1 fully saturated rings. The van der Waals surface area contributed by atoms with E-state index in [9.17, 15) is 14.5 Å². The molecule has 0 amide bonds. The van der Waals surface area contributed by atoms with E-state index in [1.54, 1.807) is 0 Å². The van der Waals surface area contributed by atoms with Crippen molar-refractivity contribution in [1.82, 2.24) is 15.4 Å². The topological polar surface area (TPSA) is 113 Å². The highest BCUT2D eigenvalue weighted by Gasteiger charge is 2.30. The molecule has 2 heterocycles. The number of carboxylic acids is 1. The van der Waals surface area contributed by atoms with E-state index in [0.29, 0.717) is 13.0 Å². The Morgan fingerprint density at radius 1 is 1.13 bits per heavy atom. The molecule has 212 valence electrons. The van der Waals surface area contributed by atoms with Gasteiger partial charge < -0.3 is 24.7 Å². The molecule has 2 atom stereocenters. The van der Waals surface area contributed by atoms with Gasteiger partial charge in [-0.2, -0.15) is 0 Å². The van der Waals surface area contributed by atoms with Crippen LogP contribution in [0.25, 0.3) is 10.9 Å². The van der Waals surface area contributed by atoms with Crippen molar-refractivity contribution < 1.29 is 23.7 Å². The number of carboxylic acid groups (broad SMARTS) is 1. The maximum absolute atomic E-state index is 13.6. The molecule has 4 rings (SSSR count). The lowest BCUT2D eigenvalue weighted by Crippen LogP contribution is -2.37. The summed E-state index contributed by atoms with van der Waals surface area (Å²) in [6, 6.07) is 16.3. The van der Waals surface area contributed by atoms with E-state index in [-0.39, 0.29) is 19.2 Å². The molecular formula is C30H42N3O5P. The number of carbonyl (C=O) groups is 1. The van der Waals surface area contributed by atoms with Gasteiger partial charge in [0.15, 0.2) is 0 Å². The average molecular weight is 556 g/mol. The normalized spacial score (nSPS) is 16.6. The molecule has 1 saturated heterocycles. The maximum atomic E-state index is 13.6. The molecule has 0 aliphatic carbocycles. The van der Waals surface area contributed by atoms with Gasteiger partial charge in [-0.15, -0.1) is 0 Å². The Morgan fingerprint density at radius 3 is 2.62 bits per heavy atom. The third kappa shape index (κ3) is 9.21. The van der Waals surface area contributed by atoms with E-state index in [4.69, 9.17) is 9.26 Å². The fourth-order valence-electron chi connectivity index (χ4n) is 5.12. The minimum Gasteiger partial charge on any atom is -0.494 e. The van der Waals surface area contributed by atoms with E-state index in [2.05, 4.69) is 15.4 Å². The number of benzene rings is 2. The summed E-state index contributed by atoms with van der Waals surface area (Å²) >= 11 is 0. The summed E-state index contributed by atoms with van der Waals surface area (Å²) in [5.74, 6) is 0.557. The quantitative estimate of drug-likeness (QED) is 0.124. The number of rotatable bonds is 16. The monoisotopic (exact) mass is 555 g/mol. The van der Waals surface area contributed by atoms with Crippen LogP contribution < -0.4 is 15.1 Å². The Morgan fingerprint density at radius 2 is 1.90 bits per heavy atom. The summed E-state index contributed by atoms with van der Waals surface area (Å²) < 4.78 is 25.4. The van der Waals surface area contributed by atoms with Crippen molar-refractivity contribution >= 4 is 24.4 Å². The predicted molar refractivity (Wildman–Crippen MR) is 155 cm³/mol. The second kappa shape index (κ2) is 14.7. The van der Waals surface area contributed by atoms with Crippen molar-refractivity contribution in [3.8, 4) is 5.75 Å². The van der Waals surface area contributed by atoms with Gasteiger partial charge in [0, 0.05) is 17.4 Å². The van der Waals surface area contributed by atoms with E-state index >= 15 is 0 Å². The largest absolute Gasteiger partial charge is 0.494 e. The lowest BCUT2D eigenvalue weighted by Gasteiger charge is -2.23. The summed E-state index contributed by atoms with van der Waals surface area (Å²) in [6.07, 6.45) is 7.07. The molecule has 0 radical (unpaired) electrons. The number of nitrogens with one attached hydrogen (secondary N) is 3. The fraction of sp³-hybridized carbons (Fsp3) is 0.500. The number of hydrogen-bond donors (Lipinski definition) is 4. The summed E-state index contributed by atoms with van der Waals surface area (Å²) in [7, 11) is -3.40. The van der Waals surface area contributed by atoms with Gasteiger partial charge in [0.25, 0.3) is 7.52 Å². The molecule has 2 aromatic carbocycles. The Labute approximate surface area is 231 Å². The molecule has 2 unspecified atom stereocenters. The summed E-state index contributed by atoms with van der Waals surface area (Å²) in [5, 5.41) is 17.2. The third-order valence-electron chi connectivity index (χ3n) is 7.28. The second-order valence-electron chi connectivity index (χ2n) is 10.5. The molecule has 1 aliphatic heterocycles. The van der Waals surface area contributed by atoms with Gasteiger partial charge in [0.1, 0.15) is 11.8 Å². The van der Waals surface area contributed by atoms with Crippen molar-refractivity contribution in [2.75, 3.05) is 25.9 Å². The zero-order valence-corrected chi connectivity index (χ0v) is 23.8. The first kappa shape index (κ1) is 29.3. The Hall–Kier alpha value is -2.64. The molecule has 1 aliphatic rings. The number of aliphatic carboxylic acids is 1. The number of para-hydroxylation sites is 1. The first-order valence-corrected chi connectivity index (χ1v) is 16.0. The van der Waals surface area contributed by atoms with E-state index in [1.807, 2.05) is 61.5 Å². The van der Waals surface area contributed by atoms with Gasteiger partial charge in [0.2, 0.25) is 0 Å². The number of unbranched alkanes of at least 4 members (excludes halogenated alkanes) is 1. The van der Waals surface area contributed by atoms with E-state index in [0.717, 1.165) is 53.3 Å². The van der Waals surface area contributed by atoms with Crippen LogP contribution in [-0.4, -0.2) is 48.0 Å². The van der Waals surface area contributed by atoms with Crippen molar-refractivity contribution in [1.29, 1.82) is 0 Å². The molecular weight excluding hydrogens is 513 g/mol. The van der Waals surface area contributed by atoms with Crippen molar-refractivity contribution in [3.05, 3.63) is 65.9 Å². The van der Waals surface area contributed by atoms with Crippen molar-refractivity contribution in [3.63, 3.8) is 0 Å². The highest BCUT2D eigenvalue weighted by molar-refractivity contribution is 7.56. The minimum absolute atomic E-state index is 0.106. The first-order chi connectivity index (χ1) is 18.9. The van der Waals surface area contributed by atoms with Crippen LogP contribution in [0, 0.1) is 5.92 Å². The molecule has 9 heteroatoms. The SMILES string of the molecule is CCCP(=O)(NC(Cc1ccc(OCCCCC2CCNCC2)cc1)C(=O)O)OCc1cc2ccccc2[nH]1. The van der Waals surface area contributed by atoms with Crippen molar-refractivity contribution in [2.24, 2.45) is 5.92 Å². The second-order valence-corrected chi connectivity index (χ2v) is 12.8. The molecule has 1 aromatic heterocycles. The van der Waals surface area contributed by atoms with Gasteiger partial charge in [0.05, 0.1) is 13.2 Å². The summed E-state index contributed by atoms with van der Waals surface area (Å²) in [6.45, 7) is 4.97. The standard InChI is InChI=1S/C30H42N3O5P/c1-2-19-39(36,38-22-26-21-25-8-3-4-9-28(25)32-26)33-29(30(34)35)20-24-10-12-27(13-11-24)37-18-6-5-7-23-14-16-31-17-15-23/h3-4,8-13,21,23,29,31-32H,2,5-7,14-20,22H2,1H3,(H,33,36)(H,34,35). The Balaban J connectivity index is 1.26.